The van der Waals surface area contributed by atoms with E-state index in [-0.39, 0.29) is 0 Å². The fourth-order valence-electron chi connectivity index (χ4n) is 2.22. The number of aryl methyl sites for hydroxylation is 1. The lowest BCUT2D eigenvalue weighted by Crippen LogP contribution is -2.44. The van der Waals surface area contributed by atoms with Crippen LogP contribution in [0.1, 0.15) is 32.3 Å². The Morgan fingerprint density at radius 1 is 1.41 bits per heavy atom. The molecule has 1 saturated heterocycles. The fraction of sp³-hybridized carbons (Fsp3) is 0.692. The average Bonchev–Trinajstić information content (AvgIpc) is 2.38. The zero-order valence-corrected chi connectivity index (χ0v) is 10.7. The maximum atomic E-state index is 4.31. The van der Waals surface area contributed by atoms with Crippen molar-refractivity contribution in [2.24, 2.45) is 5.92 Å². The Morgan fingerprint density at radius 2 is 2.18 bits per heavy atom. The molecule has 2 rings (SSSR count). The van der Waals surface area contributed by atoms with Crippen LogP contribution in [0.5, 0.6) is 0 Å². The molecule has 1 aliphatic heterocycles. The molecule has 2 heterocycles. The highest BCUT2D eigenvalue weighted by Gasteiger charge is 2.20. The lowest BCUT2D eigenvalue weighted by Gasteiger charge is -2.30. The predicted octanol–water partition coefficient (Wildman–Crippen LogP) is 1.84. The summed E-state index contributed by atoms with van der Waals surface area (Å²) in [6.07, 6.45) is 7.38. The molecule has 1 aromatic rings. The van der Waals surface area contributed by atoms with Gasteiger partial charge in [-0.05, 0) is 37.3 Å². The second-order valence-electron chi connectivity index (χ2n) is 4.83. The standard InChI is InChI=1S/C13H22N4/c1-3-11-7-15-13(16-8-11)17-9-12-10(2)5-4-6-14-12/h7-8,10,12,14H,3-6,9H2,1-2H3,(H,15,16,17)/t10-,12-/m1/s1. The summed E-state index contributed by atoms with van der Waals surface area (Å²) in [6, 6.07) is 0.540. The highest BCUT2D eigenvalue weighted by Crippen LogP contribution is 2.15. The molecule has 0 bridgehead atoms. The van der Waals surface area contributed by atoms with Crippen LogP contribution >= 0.6 is 0 Å². The van der Waals surface area contributed by atoms with Crippen molar-refractivity contribution in [2.75, 3.05) is 18.4 Å². The highest BCUT2D eigenvalue weighted by atomic mass is 15.1. The largest absolute Gasteiger partial charge is 0.353 e. The van der Waals surface area contributed by atoms with Crippen molar-refractivity contribution in [3.8, 4) is 0 Å². The average molecular weight is 234 g/mol. The Morgan fingerprint density at radius 3 is 2.82 bits per heavy atom. The summed E-state index contributed by atoms with van der Waals surface area (Å²) in [7, 11) is 0. The minimum atomic E-state index is 0.540. The number of rotatable bonds is 4. The van der Waals surface area contributed by atoms with E-state index in [1.54, 1.807) is 0 Å². The number of nitrogens with one attached hydrogen (secondary N) is 2. The van der Waals surface area contributed by atoms with E-state index in [4.69, 9.17) is 0 Å². The first-order chi connectivity index (χ1) is 8.29. The van der Waals surface area contributed by atoms with Crippen molar-refractivity contribution in [1.82, 2.24) is 15.3 Å². The van der Waals surface area contributed by atoms with Gasteiger partial charge in [0.15, 0.2) is 0 Å². The molecule has 0 unspecified atom stereocenters. The second kappa shape index (κ2) is 5.96. The maximum absolute atomic E-state index is 4.31. The van der Waals surface area contributed by atoms with Gasteiger partial charge in [-0.2, -0.15) is 0 Å². The summed E-state index contributed by atoms with van der Waals surface area (Å²) in [5, 5.41) is 6.85. The molecule has 4 nitrogen and oxygen atoms in total. The van der Waals surface area contributed by atoms with E-state index >= 15 is 0 Å². The van der Waals surface area contributed by atoms with E-state index < -0.39 is 0 Å². The zero-order chi connectivity index (χ0) is 12.1. The van der Waals surface area contributed by atoms with Crippen molar-refractivity contribution in [1.29, 1.82) is 0 Å². The lowest BCUT2D eigenvalue weighted by molar-refractivity contribution is 0.310. The number of hydrogen-bond acceptors (Lipinski definition) is 4. The van der Waals surface area contributed by atoms with Gasteiger partial charge in [0, 0.05) is 25.0 Å². The quantitative estimate of drug-likeness (QED) is 0.834. The van der Waals surface area contributed by atoms with Crippen LogP contribution in [0, 0.1) is 5.92 Å². The van der Waals surface area contributed by atoms with Crippen molar-refractivity contribution < 1.29 is 0 Å². The van der Waals surface area contributed by atoms with Crippen molar-refractivity contribution in [3.63, 3.8) is 0 Å². The Labute approximate surface area is 103 Å². The van der Waals surface area contributed by atoms with Crippen LogP contribution in [0.3, 0.4) is 0 Å². The summed E-state index contributed by atoms with van der Waals surface area (Å²) in [5.41, 5.74) is 1.18. The maximum Gasteiger partial charge on any atom is 0.222 e. The van der Waals surface area contributed by atoms with Gasteiger partial charge < -0.3 is 10.6 Å². The van der Waals surface area contributed by atoms with E-state index in [1.165, 1.54) is 18.4 Å². The molecule has 0 aliphatic carbocycles. The molecular weight excluding hydrogens is 212 g/mol. The van der Waals surface area contributed by atoms with Gasteiger partial charge in [0.1, 0.15) is 0 Å². The van der Waals surface area contributed by atoms with Gasteiger partial charge >= 0.3 is 0 Å². The minimum absolute atomic E-state index is 0.540. The smallest absolute Gasteiger partial charge is 0.222 e. The molecule has 0 radical (unpaired) electrons. The lowest BCUT2D eigenvalue weighted by atomic mass is 9.93. The van der Waals surface area contributed by atoms with Crippen LogP contribution in [0.25, 0.3) is 0 Å². The third kappa shape index (κ3) is 3.40. The normalized spacial score (nSPS) is 24.6. The summed E-state index contributed by atoms with van der Waals surface area (Å²) < 4.78 is 0. The van der Waals surface area contributed by atoms with E-state index in [0.29, 0.717) is 6.04 Å². The molecule has 17 heavy (non-hydrogen) atoms. The van der Waals surface area contributed by atoms with Crippen LogP contribution < -0.4 is 10.6 Å². The first kappa shape index (κ1) is 12.3. The second-order valence-corrected chi connectivity index (χ2v) is 4.83. The molecule has 2 N–H and O–H groups in total. The molecule has 4 heteroatoms. The van der Waals surface area contributed by atoms with Crippen molar-refractivity contribution in [3.05, 3.63) is 18.0 Å². The molecule has 0 spiro atoms. The highest BCUT2D eigenvalue weighted by molar-refractivity contribution is 5.25. The van der Waals surface area contributed by atoms with Crippen LogP contribution in [-0.2, 0) is 6.42 Å². The van der Waals surface area contributed by atoms with Gasteiger partial charge in [0.25, 0.3) is 0 Å². The first-order valence-corrected chi connectivity index (χ1v) is 6.57. The number of nitrogens with zero attached hydrogens (tertiary/aromatic N) is 2. The Kier molecular flexibility index (Phi) is 4.31. The zero-order valence-electron chi connectivity index (χ0n) is 10.7. The molecule has 0 saturated carbocycles. The molecule has 1 aromatic heterocycles. The van der Waals surface area contributed by atoms with Gasteiger partial charge in [0.2, 0.25) is 5.95 Å². The van der Waals surface area contributed by atoms with E-state index in [1.807, 2.05) is 12.4 Å². The number of aromatic nitrogens is 2. The molecule has 2 atom stereocenters. The van der Waals surface area contributed by atoms with Crippen LogP contribution in [0.2, 0.25) is 0 Å². The van der Waals surface area contributed by atoms with Crippen LogP contribution in [0.15, 0.2) is 12.4 Å². The Hall–Kier alpha value is -1.16. The third-order valence-corrected chi connectivity index (χ3v) is 3.52. The SMILES string of the molecule is CCc1cnc(NC[C@H]2NCCC[C@H]2C)nc1. The summed E-state index contributed by atoms with van der Waals surface area (Å²) in [6.45, 7) is 6.46. The molecule has 0 amide bonds. The molecule has 1 aliphatic rings. The van der Waals surface area contributed by atoms with Gasteiger partial charge in [-0.3, -0.25) is 0 Å². The molecular formula is C13H22N4. The van der Waals surface area contributed by atoms with Crippen molar-refractivity contribution >= 4 is 5.95 Å². The summed E-state index contributed by atoms with van der Waals surface area (Å²) >= 11 is 0. The van der Waals surface area contributed by atoms with Gasteiger partial charge in [-0.25, -0.2) is 9.97 Å². The fourth-order valence-corrected chi connectivity index (χ4v) is 2.22. The number of piperidine rings is 1. The topological polar surface area (TPSA) is 49.8 Å². The predicted molar refractivity (Wildman–Crippen MR) is 70.1 cm³/mol. The monoisotopic (exact) mass is 234 g/mol. The van der Waals surface area contributed by atoms with Crippen LogP contribution in [0.4, 0.5) is 5.95 Å². The number of anilines is 1. The third-order valence-electron chi connectivity index (χ3n) is 3.52. The van der Waals surface area contributed by atoms with Crippen molar-refractivity contribution in [2.45, 2.75) is 39.2 Å². The minimum Gasteiger partial charge on any atom is -0.353 e. The van der Waals surface area contributed by atoms with Gasteiger partial charge in [-0.1, -0.05) is 13.8 Å². The van der Waals surface area contributed by atoms with E-state index in [9.17, 15) is 0 Å². The van der Waals surface area contributed by atoms with Crippen LogP contribution in [-0.4, -0.2) is 29.1 Å². The van der Waals surface area contributed by atoms with Gasteiger partial charge in [-0.15, -0.1) is 0 Å². The number of hydrogen-bond donors (Lipinski definition) is 2. The Balaban J connectivity index is 1.84. The van der Waals surface area contributed by atoms with Gasteiger partial charge in [0.05, 0.1) is 0 Å². The van der Waals surface area contributed by atoms with E-state index in [0.717, 1.165) is 31.4 Å². The summed E-state index contributed by atoms with van der Waals surface area (Å²) in [5.74, 6) is 1.47. The Bertz CT molecular complexity index is 336. The van der Waals surface area contributed by atoms with E-state index in [2.05, 4.69) is 34.4 Å². The molecule has 94 valence electrons. The molecule has 0 aromatic carbocycles. The first-order valence-electron chi connectivity index (χ1n) is 6.57. The molecule has 1 fully saturated rings. The summed E-state index contributed by atoms with van der Waals surface area (Å²) in [4.78, 5) is 8.62.